The molecule has 5 N–H and O–H groups in total. The highest BCUT2D eigenvalue weighted by Crippen LogP contribution is 2.12. The van der Waals surface area contributed by atoms with Crippen LogP contribution in [0.5, 0.6) is 5.75 Å². The third kappa shape index (κ3) is 12.3. The summed E-state index contributed by atoms with van der Waals surface area (Å²) in [5, 5.41) is 27.0. The van der Waals surface area contributed by atoms with E-state index in [0.717, 1.165) is 5.56 Å². The number of phenolic OH excluding ortho intramolecular Hbond substituents is 1. The molecule has 0 saturated carbocycles. The molecule has 0 saturated heterocycles. The molecule has 3 amide bonds. The highest BCUT2D eigenvalue weighted by molar-refractivity contribution is 5.91. The number of alkyl carbamates (subject to hydrolysis) is 1. The molecule has 0 aliphatic carbocycles. The molecule has 0 spiro atoms. The number of rotatable bonds is 12. The Labute approximate surface area is 217 Å². The average Bonchev–Trinajstić information content (AvgIpc) is 2.79. The van der Waals surface area contributed by atoms with Crippen molar-refractivity contribution in [3.63, 3.8) is 0 Å². The highest BCUT2D eigenvalue weighted by atomic mass is 16.6. The number of aromatic hydroxyl groups is 1. The lowest BCUT2D eigenvalue weighted by molar-refractivity contribution is -0.137. The normalized spacial score (nSPS) is 13.9. The maximum absolute atomic E-state index is 12.9. The van der Waals surface area contributed by atoms with Crippen LogP contribution in [0.1, 0.15) is 47.1 Å². The van der Waals surface area contributed by atoms with E-state index in [9.17, 15) is 29.4 Å². The summed E-state index contributed by atoms with van der Waals surface area (Å²) in [5.74, 6) is -2.23. The fourth-order valence-electron chi connectivity index (χ4n) is 3.15. The second-order valence-corrected chi connectivity index (χ2v) is 9.71. The van der Waals surface area contributed by atoms with E-state index in [2.05, 4.69) is 16.0 Å². The molecular formula is C26H39N3O8. The highest BCUT2D eigenvalue weighted by Gasteiger charge is 2.30. The zero-order chi connectivity index (χ0) is 28.2. The van der Waals surface area contributed by atoms with Crippen LogP contribution in [0.25, 0.3) is 0 Å². The number of carbonyl (C=O) groups excluding carboxylic acids is 4. The molecule has 1 aromatic carbocycles. The Kier molecular flexibility index (Phi) is 12.6. The third-order valence-electron chi connectivity index (χ3n) is 4.91. The third-order valence-corrected chi connectivity index (χ3v) is 4.91. The van der Waals surface area contributed by atoms with Gasteiger partial charge in [0.25, 0.3) is 0 Å². The number of amides is 3. The zero-order valence-corrected chi connectivity index (χ0v) is 22.2. The summed E-state index contributed by atoms with van der Waals surface area (Å²) in [6.07, 6.45) is 2.09. The lowest BCUT2D eigenvalue weighted by atomic mass is 10.0. The fraction of sp³-hybridized carbons (Fsp3) is 0.538. The van der Waals surface area contributed by atoms with E-state index in [1.54, 1.807) is 53.7 Å². The number of hydrogen-bond donors (Lipinski definition) is 5. The molecule has 0 aliphatic rings. The molecule has 1 rings (SSSR count). The molecule has 11 heteroatoms. The molecule has 3 atom stereocenters. The van der Waals surface area contributed by atoms with Crippen LogP contribution in [-0.4, -0.2) is 71.0 Å². The van der Waals surface area contributed by atoms with Crippen molar-refractivity contribution >= 4 is 23.9 Å². The van der Waals surface area contributed by atoms with Gasteiger partial charge in [0.1, 0.15) is 23.4 Å². The van der Waals surface area contributed by atoms with Gasteiger partial charge in [-0.1, -0.05) is 32.1 Å². The van der Waals surface area contributed by atoms with Crippen molar-refractivity contribution in [1.29, 1.82) is 0 Å². The Balaban J connectivity index is 2.97. The molecule has 206 valence electrons. The SMILES string of the molecule is CCOC(=O)/C=C/[C@H](Cc1ccc(O)cc1)NC(=O)[C@H](CO)NC(=O)[C@@H](NC(=O)OC(C)(C)C)C(C)C. The van der Waals surface area contributed by atoms with Gasteiger partial charge >= 0.3 is 12.1 Å². The molecule has 0 bridgehead atoms. The van der Waals surface area contributed by atoms with Gasteiger partial charge in [0.2, 0.25) is 11.8 Å². The molecule has 0 heterocycles. The Bertz CT molecular complexity index is 938. The first-order valence-electron chi connectivity index (χ1n) is 12.1. The van der Waals surface area contributed by atoms with Crippen molar-refractivity contribution in [1.82, 2.24) is 16.0 Å². The van der Waals surface area contributed by atoms with Crippen LogP contribution in [0.15, 0.2) is 36.4 Å². The van der Waals surface area contributed by atoms with Crippen molar-refractivity contribution in [2.45, 2.75) is 71.7 Å². The topological polar surface area (TPSA) is 163 Å². The molecule has 0 radical (unpaired) electrons. The number of nitrogens with one attached hydrogen (secondary N) is 3. The minimum Gasteiger partial charge on any atom is -0.508 e. The zero-order valence-electron chi connectivity index (χ0n) is 22.2. The van der Waals surface area contributed by atoms with Gasteiger partial charge in [-0.05, 0) is 57.7 Å². The number of aliphatic hydroxyl groups excluding tert-OH is 1. The second kappa shape index (κ2) is 14.8. The molecule has 0 fully saturated rings. The molecular weight excluding hydrogens is 482 g/mol. The van der Waals surface area contributed by atoms with Gasteiger partial charge in [-0.2, -0.15) is 0 Å². The first-order chi connectivity index (χ1) is 17.2. The first kappa shape index (κ1) is 31.4. The van der Waals surface area contributed by atoms with Crippen molar-refractivity contribution in [3.05, 3.63) is 42.0 Å². The lowest BCUT2D eigenvalue weighted by Gasteiger charge is -2.27. The van der Waals surface area contributed by atoms with Gasteiger partial charge in [-0.25, -0.2) is 9.59 Å². The monoisotopic (exact) mass is 521 g/mol. The van der Waals surface area contributed by atoms with Crippen molar-refractivity contribution in [2.24, 2.45) is 5.92 Å². The summed E-state index contributed by atoms with van der Waals surface area (Å²) in [7, 11) is 0. The lowest BCUT2D eigenvalue weighted by Crippen LogP contribution is -2.57. The molecule has 0 aliphatic heterocycles. The number of aliphatic hydroxyl groups is 1. The second-order valence-electron chi connectivity index (χ2n) is 9.71. The number of ether oxygens (including phenoxy) is 2. The van der Waals surface area contributed by atoms with Gasteiger partial charge in [0, 0.05) is 6.08 Å². The fourth-order valence-corrected chi connectivity index (χ4v) is 3.15. The van der Waals surface area contributed by atoms with Crippen LogP contribution < -0.4 is 16.0 Å². The van der Waals surface area contributed by atoms with E-state index in [1.165, 1.54) is 24.3 Å². The predicted octanol–water partition coefficient (Wildman–Crippen LogP) is 1.57. The summed E-state index contributed by atoms with van der Waals surface area (Å²) < 4.78 is 10.1. The summed E-state index contributed by atoms with van der Waals surface area (Å²) in [6, 6.07) is 3.25. The van der Waals surface area contributed by atoms with Crippen LogP contribution >= 0.6 is 0 Å². The van der Waals surface area contributed by atoms with E-state index in [1.807, 2.05) is 0 Å². The minimum atomic E-state index is -1.33. The summed E-state index contributed by atoms with van der Waals surface area (Å²) in [5.41, 5.74) is -0.0123. The van der Waals surface area contributed by atoms with E-state index in [4.69, 9.17) is 9.47 Å². The number of benzene rings is 1. The van der Waals surface area contributed by atoms with Crippen molar-refractivity contribution < 1.29 is 38.9 Å². The van der Waals surface area contributed by atoms with Gasteiger partial charge < -0.3 is 35.6 Å². The van der Waals surface area contributed by atoms with Crippen molar-refractivity contribution in [2.75, 3.05) is 13.2 Å². The quantitative estimate of drug-likeness (QED) is 0.204. The molecule has 0 aromatic heterocycles. The van der Waals surface area contributed by atoms with Crippen LogP contribution in [0, 0.1) is 5.92 Å². The molecule has 11 nitrogen and oxygen atoms in total. The molecule has 1 aromatic rings. The van der Waals surface area contributed by atoms with Gasteiger partial charge in [0.15, 0.2) is 0 Å². The molecule has 37 heavy (non-hydrogen) atoms. The number of carbonyl (C=O) groups is 4. The Morgan fingerprint density at radius 1 is 1.00 bits per heavy atom. The Morgan fingerprint density at radius 3 is 2.14 bits per heavy atom. The van der Waals surface area contributed by atoms with Gasteiger partial charge in [-0.15, -0.1) is 0 Å². The number of hydrogen-bond acceptors (Lipinski definition) is 8. The predicted molar refractivity (Wildman–Crippen MR) is 137 cm³/mol. The maximum atomic E-state index is 12.9. The van der Waals surface area contributed by atoms with Crippen LogP contribution in [-0.2, 0) is 30.3 Å². The van der Waals surface area contributed by atoms with Gasteiger partial charge in [-0.3, -0.25) is 9.59 Å². The van der Waals surface area contributed by atoms with E-state index >= 15 is 0 Å². The standard InChI is InChI=1S/C26H39N3O8/c1-7-36-21(32)13-10-18(14-17-8-11-19(31)12-9-17)27-23(33)20(15-30)28-24(34)22(16(2)3)29-25(35)37-26(4,5)6/h8-13,16,18,20,22,30-31H,7,14-15H2,1-6H3,(H,27,33)(H,28,34)(H,29,35)/b13-10+/t18-,20+,22+/m1/s1. The minimum absolute atomic E-state index is 0.0779. The summed E-state index contributed by atoms with van der Waals surface area (Å²) in [6.45, 7) is 9.63. The van der Waals surface area contributed by atoms with E-state index < -0.39 is 54.2 Å². The van der Waals surface area contributed by atoms with Crippen LogP contribution in [0.3, 0.4) is 0 Å². The summed E-state index contributed by atoms with van der Waals surface area (Å²) in [4.78, 5) is 49.8. The smallest absolute Gasteiger partial charge is 0.408 e. The van der Waals surface area contributed by atoms with E-state index in [-0.39, 0.29) is 24.7 Å². The average molecular weight is 522 g/mol. The summed E-state index contributed by atoms with van der Waals surface area (Å²) >= 11 is 0. The molecule has 0 unspecified atom stereocenters. The maximum Gasteiger partial charge on any atom is 0.408 e. The number of esters is 1. The van der Waals surface area contributed by atoms with E-state index in [0.29, 0.717) is 0 Å². The Hall–Kier alpha value is -3.60. The van der Waals surface area contributed by atoms with Crippen molar-refractivity contribution in [3.8, 4) is 5.75 Å². The largest absolute Gasteiger partial charge is 0.508 e. The number of phenols is 1. The van der Waals surface area contributed by atoms with Crippen LogP contribution in [0.2, 0.25) is 0 Å². The Morgan fingerprint density at radius 2 is 1.62 bits per heavy atom. The first-order valence-corrected chi connectivity index (χ1v) is 12.1. The van der Waals surface area contributed by atoms with Crippen LogP contribution in [0.4, 0.5) is 4.79 Å². The van der Waals surface area contributed by atoms with Gasteiger partial charge in [0.05, 0.1) is 19.3 Å².